The van der Waals surface area contributed by atoms with E-state index in [0.717, 1.165) is 37.1 Å². The first-order chi connectivity index (χ1) is 11.9. The van der Waals surface area contributed by atoms with Gasteiger partial charge in [0.15, 0.2) is 0 Å². The van der Waals surface area contributed by atoms with Crippen LogP contribution in [0.2, 0.25) is 0 Å². The molecule has 1 aromatic heterocycles. The summed E-state index contributed by atoms with van der Waals surface area (Å²) >= 11 is 0. The van der Waals surface area contributed by atoms with Crippen molar-refractivity contribution in [2.45, 2.75) is 96.8 Å². The maximum Gasteiger partial charge on any atom is 0.224 e. The van der Waals surface area contributed by atoms with Gasteiger partial charge in [-0.05, 0) is 60.3 Å². The summed E-state index contributed by atoms with van der Waals surface area (Å²) in [5.74, 6) is 1.63. The summed E-state index contributed by atoms with van der Waals surface area (Å²) in [6.45, 7) is 10.6. The molecule has 0 spiro atoms. The van der Waals surface area contributed by atoms with Crippen molar-refractivity contribution in [3.05, 3.63) is 11.8 Å². The summed E-state index contributed by atoms with van der Waals surface area (Å²) < 4.78 is 11.6. The highest BCUT2D eigenvalue weighted by Crippen LogP contribution is 2.25. The lowest BCUT2D eigenvalue weighted by molar-refractivity contribution is -0.0340. The SMILES string of the molecule is Cc1cnc(NC2C[C@@H](C)O[C@@H](C)C2)nc1NC1C[C@H](C)O[C@@H](C)C1. The van der Waals surface area contributed by atoms with Crippen LogP contribution in [0.5, 0.6) is 0 Å². The van der Waals surface area contributed by atoms with Crippen molar-refractivity contribution < 1.29 is 9.47 Å². The van der Waals surface area contributed by atoms with E-state index >= 15 is 0 Å². The zero-order valence-electron chi connectivity index (χ0n) is 16.1. The number of nitrogens with one attached hydrogen (secondary N) is 2. The van der Waals surface area contributed by atoms with Gasteiger partial charge in [-0.3, -0.25) is 0 Å². The predicted molar refractivity (Wildman–Crippen MR) is 100 cm³/mol. The molecule has 2 aliphatic heterocycles. The van der Waals surface area contributed by atoms with E-state index in [-0.39, 0.29) is 24.4 Å². The van der Waals surface area contributed by atoms with Crippen LogP contribution in [-0.4, -0.2) is 46.5 Å². The first-order valence-electron chi connectivity index (χ1n) is 9.56. The van der Waals surface area contributed by atoms with Crippen LogP contribution < -0.4 is 10.6 Å². The Labute approximate surface area is 151 Å². The lowest BCUT2D eigenvalue weighted by Crippen LogP contribution is -2.38. The Morgan fingerprint density at radius 3 is 1.84 bits per heavy atom. The van der Waals surface area contributed by atoms with Gasteiger partial charge < -0.3 is 20.1 Å². The van der Waals surface area contributed by atoms with Crippen molar-refractivity contribution in [2.75, 3.05) is 10.6 Å². The van der Waals surface area contributed by atoms with E-state index < -0.39 is 0 Å². The van der Waals surface area contributed by atoms with Gasteiger partial charge >= 0.3 is 0 Å². The summed E-state index contributed by atoms with van der Waals surface area (Å²) in [6.07, 6.45) is 6.99. The minimum atomic E-state index is 0.273. The molecule has 25 heavy (non-hydrogen) atoms. The number of ether oxygens (including phenoxy) is 2. The highest BCUT2D eigenvalue weighted by Gasteiger charge is 2.26. The number of rotatable bonds is 4. The second kappa shape index (κ2) is 7.87. The van der Waals surface area contributed by atoms with Crippen molar-refractivity contribution in [1.82, 2.24) is 9.97 Å². The molecule has 5 atom stereocenters. The molecular weight excluding hydrogens is 316 g/mol. The Bertz CT molecular complexity index is 563. The second-order valence-corrected chi connectivity index (χ2v) is 7.87. The summed E-state index contributed by atoms with van der Waals surface area (Å²) in [7, 11) is 0. The molecule has 3 heterocycles. The van der Waals surface area contributed by atoms with Crippen LogP contribution in [0.25, 0.3) is 0 Å². The standard InChI is InChI=1S/C19H32N4O2/c1-11-10-20-19(22-17-8-14(4)25-15(5)9-17)23-18(11)21-16-6-12(2)24-13(3)7-16/h10,12-17H,6-9H2,1-5H3,(H2,20,21,22,23)/t12-,13-,14-,15+,17?/m0/s1. The fourth-order valence-corrected chi connectivity index (χ4v) is 4.08. The second-order valence-electron chi connectivity index (χ2n) is 7.87. The molecule has 1 unspecified atom stereocenters. The third-order valence-corrected chi connectivity index (χ3v) is 5.04. The first-order valence-corrected chi connectivity index (χ1v) is 9.56. The Morgan fingerprint density at radius 1 is 0.840 bits per heavy atom. The van der Waals surface area contributed by atoms with Crippen LogP contribution in [0.3, 0.4) is 0 Å². The van der Waals surface area contributed by atoms with E-state index in [1.807, 2.05) is 6.20 Å². The summed E-state index contributed by atoms with van der Waals surface area (Å²) in [4.78, 5) is 9.22. The average molecular weight is 348 g/mol. The van der Waals surface area contributed by atoms with Gasteiger partial charge in [0, 0.05) is 23.8 Å². The fourth-order valence-electron chi connectivity index (χ4n) is 4.08. The number of nitrogens with zero attached hydrogens (tertiary/aromatic N) is 2. The zero-order chi connectivity index (χ0) is 18.0. The first kappa shape index (κ1) is 18.4. The van der Waals surface area contributed by atoms with Gasteiger partial charge in [0.05, 0.1) is 24.4 Å². The summed E-state index contributed by atoms with van der Waals surface area (Å²) in [5.41, 5.74) is 1.08. The van der Waals surface area contributed by atoms with E-state index in [2.05, 4.69) is 50.2 Å². The Morgan fingerprint density at radius 2 is 1.32 bits per heavy atom. The van der Waals surface area contributed by atoms with E-state index in [0.29, 0.717) is 18.0 Å². The Kier molecular flexibility index (Phi) is 5.79. The molecule has 6 nitrogen and oxygen atoms in total. The highest BCUT2D eigenvalue weighted by molar-refractivity contribution is 5.47. The topological polar surface area (TPSA) is 68.3 Å². The maximum atomic E-state index is 5.83. The maximum absolute atomic E-state index is 5.83. The predicted octanol–water partition coefficient (Wildman–Crippen LogP) is 3.52. The van der Waals surface area contributed by atoms with Crippen LogP contribution >= 0.6 is 0 Å². The molecule has 0 bridgehead atoms. The molecule has 0 amide bonds. The molecule has 0 aromatic carbocycles. The number of hydrogen-bond donors (Lipinski definition) is 2. The number of aryl methyl sites for hydroxylation is 1. The van der Waals surface area contributed by atoms with Crippen molar-refractivity contribution in [1.29, 1.82) is 0 Å². The lowest BCUT2D eigenvalue weighted by Gasteiger charge is -2.33. The molecule has 140 valence electrons. The van der Waals surface area contributed by atoms with Gasteiger partial charge in [-0.25, -0.2) is 4.98 Å². The van der Waals surface area contributed by atoms with E-state index in [9.17, 15) is 0 Å². The van der Waals surface area contributed by atoms with Crippen molar-refractivity contribution in [2.24, 2.45) is 0 Å². The van der Waals surface area contributed by atoms with Crippen molar-refractivity contribution >= 4 is 11.8 Å². The van der Waals surface area contributed by atoms with Gasteiger partial charge in [-0.2, -0.15) is 4.98 Å². The third-order valence-electron chi connectivity index (χ3n) is 5.04. The van der Waals surface area contributed by atoms with Gasteiger partial charge in [0.2, 0.25) is 5.95 Å². The quantitative estimate of drug-likeness (QED) is 0.868. The fraction of sp³-hybridized carbons (Fsp3) is 0.789. The van der Waals surface area contributed by atoms with Gasteiger partial charge in [-0.1, -0.05) is 0 Å². The Balaban J connectivity index is 1.66. The van der Waals surface area contributed by atoms with Gasteiger partial charge in [0.25, 0.3) is 0 Å². The molecule has 0 aliphatic carbocycles. The average Bonchev–Trinajstić information content (AvgIpc) is 2.48. The smallest absolute Gasteiger partial charge is 0.224 e. The normalized spacial score (nSPS) is 36.0. The minimum absolute atomic E-state index is 0.273. The monoisotopic (exact) mass is 348 g/mol. The van der Waals surface area contributed by atoms with Gasteiger partial charge in [-0.15, -0.1) is 0 Å². The molecule has 2 saturated heterocycles. The summed E-state index contributed by atoms with van der Waals surface area (Å²) in [5, 5.41) is 7.11. The summed E-state index contributed by atoms with van der Waals surface area (Å²) in [6, 6.07) is 0.751. The number of aromatic nitrogens is 2. The molecule has 0 saturated carbocycles. The Hall–Kier alpha value is -1.40. The largest absolute Gasteiger partial charge is 0.375 e. The van der Waals surface area contributed by atoms with Gasteiger partial charge in [0.1, 0.15) is 5.82 Å². The van der Waals surface area contributed by atoms with E-state index in [4.69, 9.17) is 14.5 Å². The number of anilines is 2. The number of hydrogen-bond acceptors (Lipinski definition) is 6. The molecule has 2 fully saturated rings. The van der Waals surface area contributed by atoms with Crippen LogP contribution in [0, 0.1) is 6.92 Å². The molecule has 2 aliphatic rings. The van der Waals surface area contributed by atoms with Crippen molar-refractivity contribution in [3.63, 3.8) is 0 Å². The highest BCUT2D eigenvalue weighted by atomic mass is 16.5. The molecule has 6 heteroatoms. The molecule has 2 N–H and O–H groups in total. The zero-order valence-corrected chi connectivity index (χ0v) is 16.1. The van der Waals surface area contributed by atoms with E-state index in [1.165, 1.54) is 0 Å². The third kappa shape index (κ3) is 5.05. The van der Waals surface area contributed by atoms with E-state index in [1.54, 1.807) is 0 Å². The van der Waals surface area contributed by atoms with Crippen LogP contribution in [0.1, 0.15) is 58.9 Å². The molecular formula is C19H32N4O2. The van der Waals surface area contributed by atoms with Crippen LogP contribution in [-0.2, 0) is 9.47 Å². The molecule has 3 rings (SSSR count). The molecule has 0 radical (unpaired) electrons. The van der Waals surface area contributed by atoms with Crippen LogP contribution in [0.15, 0.2) is 6.20 Å². The lowest BCUT2D eigenvalue weighted by atomic mass is 10.00. The van der Waals surface area contributed by atoms with Crippen LogP contribution in [0.4, 0.5) is 11.8 Å². The molecule has 1 aromatic rings. The minimum Gasteiger partial charge on any atom is -0.375 e. The van der Waals surface area contributed by atoms with Crippen molar-refractivity contribution in [3.8, 4) is 0 Å².